The minimum Gasteiger partial charge on any atom is -0.449 e. The molecule has 120 valence electrons. The standard InChI is InChI=1S/C17H14N4O3/c1-11(16(22)21-14-7-2-3-8-19-14)24-17(23)12-5-4-6-13-15(12)20-10-9-18-13/h2-11H,1H3,(H,19,21,22). The Kier molecular flexibility index (Phi) is 4.42. The van der Waals surface area contributed by atoms with Crippen molar-refractivity contribution in [3.05, 3.63) is 60.6 Å². The number of ether oxygens (including phenoxy) is 1. The van der Waals surface area contributed by atoms with Gasteiger partial charge in [0.1, 0.15) is 11.3 Å². The lowest BCUT2D eigenvalue weighted by Crippen LogP contribution is -2.30. The fourth-order valence-corrected chi connectivity index (χ4v) is 2.10. The first-order valence-electron chi connectivity index (χ1n) is 7.28. The Morgan fingerprint density at radius 2 is 1.83 bits per heavy atom. The molecule has 1 aromatic carbocycles. The monoisotopic (exact) mass is 322 g/mol. The Bertz CT molecular complexity index is 878. The number of fused-ring (bicyclic) bond motifs is 1. The average molecular weight is 322 g/mol. The lowest BCUT2D eigenvalue weighted by molar-refractivity contribution is -0.123. The Morgan fingerprint density at radius 3 is 2.62 bits per heavy atom. The lowest BCUT2D eigenvalue weighted by atomic mass is 10.2. The van der Waals surface area contributed by atoms with E-state index in [0.29, 0.717) is 16.9 Å². The molecule has 7 nitrogen and oxygen atoms in total. The van der Waals surface area contributed by atoms with E-state index >= 15 is 0 Å². The minimum atomic E-state index is -0.980. The molecular formula is C17H14N4O3. The first-order chi connectivity index (χ1) is 11.6. The van der Waals surface area contributed by atoms with Crippen LogP contribution in [0.1, 0.15) is 17.3 Å². The zero-order valence-electron chi connectivity index (χ0n) is 12.8. The fraction of sp³-hybridized carbons (Fsp3) is 0.118. The highest BCUT2D eigenvalue weighted by Gasteiger charge is 2.21. The van der Waals surface area contributed by atoms with Crippen LogP contribution in [-0.4, -0.2) is 32.9 Å². The highest BCUT2D eigenvalue weighted by molar-refractivity contribution is 6.03. The molecule has 0 saturated carbocycles. The molecule has 0 aliphatic rings. The number of carbonyl (C=O) groups is 2. The molecule has 0 aliphatic heterocycles. The SMILES string of the molecule is CC(OC(=O)c1cccc2nccnc12)C(=O)Nc1ccccn1. The van der Waals surface area contributed by atoms with Crippen LogP contribution in [0.5, 0.6) is 0 Å². The van der Waals surface area contributed by atoms with Crippen LogP contribution in [0.2, 0.25) is 0 Å². The van der Waals surface area contributed by atoms with Crippen LogP contribution >= 0.6 is 0 Å². The van der Waals surface area contributed by atoms with E-state index in [2.05, 4.69) is 20.3 Å². The first-order valence-corrected chi connectivity index (χ1v) is 7.28. The van der Waals surface area contributed by atoms with Gasteiger partial charge in [-0.3, -0.25) is 14.8 Å². The second kappa shape index (κ2) is 6.82. The number of rotatable bonds is 4. The van der Waals surface area contributed by atoms with Crippen LogP contribution in [0.3, 0.4) is 0 Å². The van der Waals surface area contributed by atoms with Crippen molar-refractivity contribution in [1.82, 2.24) is 15.0 Å². The highest BCUT2D eigenvalue weighted by Crippen LogP contribution is 2.16. The van der Waals surface area contributed by atoms with Crippen LogP contribution in [0.25, 0.3) is 11.0 Å². The normalized spacial score (nSPS) is 11.7. The maximum Gasteiger partial charge on any atom is 0.341 e. The van der Waals surface area contributed by atoms with Gasteiger partial charge in [-0.05, 0) is 31.2 Å². The third-order valence-corrected chi connectivity index (χ3v) is 3.29. The summed E-state index contributed by atoms with van der Waals surface area (Å²) >= 11 is 0. The van der Waals surface area contributed by atoms with Gasteiger partial charge in [0.05, 0.1) is 11.1 Å². The van der Waals surface area contributed by atoms with Crippen molar-refractivity contribution in [2.45, 2.75) is 13.0 Å². The van der Waals surface area contributed by atoms with Crippen LogP contribution < -0.4 is 5.32 Å². The number of nitrogens with zero attached hydrogens (tertiary/aromatic N) is 3. The summed E-state index contributed by atoms with van der Waals surface area (Å²) in [5.74, 6) is -0.709. The first kappa shape index (κ1) is 15.5. The molecule has 3 aromatic rings. The van der Waals surface area contributed by atoms with Gasteiger partial charge in [0, 0.05) is 18.6 Å². The quantitative estimate of drug-likeness (QED) is 0.740. The molecule has 2 aromatic heterocycles. The van der Waals surface area contributed by atoms with Gasteiger partial charge in [0.25, 0.3) is 5.91 Å². The number of anilines is 1. The summed E-state index contributed by atoms with van der Waals surface area (Å²) < 4.78 is 5.23. The zero-order valence-corrected chi connectivity index (χ0v) is 12.8. The van der Waals surface area contributed by atoms with E-state index in [1.165, 1.54) is 13.1 Å². The van der Waals surface area contributed by atoms with Gasteiger partial charge < -0.3 is 10.1 Å². The van der Waals surface area contributed by atoms with Crippen LogP contribution in [0, 0.1) is 0 Å². The van der Waals surface area contributed by atoms with Gasteiger partial charge in [-0.25, -0.2) is 9.78 Å². The fourth-order valence-electron chi connectivity index (χ4n) is 2.10. The maximum absolute atomic E-state index is 12.3. The number of esters is 1. The van der Waals surface area contributed by atoms with Crippen LogP contribution in [0.15, 0.2) is 55.0 Å². The molecule has 0 radical (unpaired) electrons. The van der Waals surface area contributed by atoms with Crippen LogP contribution in [0.4, 0.5) is 5.82 Å². The Labute approximate surface area is 137 Å². The molecule has 0 fully saturated rings. The molecular weight excluding hydrogens is 308 g/mol. The minimum absolute atomic E-state index is 0.262. The van der Waals surface area contributed by atoms with Gasteiger partial charge in [0.2, 0.25) is 0 Å². The van der Waals surface area contributed by atoms with Crippen molar-refractivity contribution in [3.63, 3.8) is 0 Å². The predicted molar refractivity (Wildman–Crippen MR) is 87.3 cm³/mol. The van der Waals surface area contributed by atoms with Gasteiger partial charge in [-0.2, -0.15) is 0 Å². The smallest absolute Gasteiger partial charge is 0.341 e. The number of amides is 1. The second-order valence-electron chi connectivity index (χ2n) is 4.98. The van der Waals surface area contributed by atoms with Gasteiger partial charge in [-0.15, -0.1) is 0 Å². The van der Waals surface area contributed by atoms with E-state index in [4.69, 9.17) is 4.74 Å². The Hall–Kier alpha value is -3.35. The topological polar surface area (TPSA) is 94.1 Å². The molecule has 0 spiro atoms. The summed E-state index contributed by atoms with van der Waals surface area (Å²) in [6.45, 7) is 1.49. The van der Waals surface area contributed by atoms with E-state index in [1.54, 1.807) is 48.8 Å². The summed E-state index contributed by atoms with van der Waals surface area (Å²) in [6, 6.07) is 10.1. The predicted octanol–water partition coefficient (Wildman–Crippen LogP) is 2.21. The van der Waals surface area contributed by atoms with Crippen molar-refractivity contribution in [3.8, 4) is 0 Å². The summed E-state index contributed by atoms with van der Waals surface area (Å²) in [5, 5.41) is 2.58. The van der Waals surface area contributed by atoms with E-state index < -0.39 is 18.0 Å². The van der Waals surface area contributed by atoms with Gasteiger partial charge in [0.15, 0.2) is 6.10 Å². The van der Waals surface area contributed by atoms with E-state index in [9.17, 15) is 9.59 Å². The molecule has 2 heterocycles. The highest BCUT2D eigenvalue weighted by atomic mass is 16.5. The molecule has 1 atom stereocenters. The number of pyridine rings is 1. The molecule has 0 bridgehead atoms. The lowest BCUT2D eigenvalue weighted by Gasteiger charge is -2.13. The summed E-state index contributed by atoms with van der Waals surface area (Å²) in [7, 11) is 0. The molecule has 1 N–H and O–H groups in total. The average Bonchev–Trinajstić information content (AvgIpc) is 2.62. The van der Waals surface area contributed by atoms with E-state index in [1.807, 2.05) is 0 Å². The number of hydrogen-bond acceptors (Lipinski definition) is 6. The number of aromatic nitrogens is 3. The number of nitrogens with one attached hydrogen (secondary N) is 1. The molecule has 1 amide bonds. The van der Waals surface area contributed by atoms with Gasteiger partial charge in [-0.1, -0.05) is 12.1 Å². The molecule has 1 unspecified atom stereocenters. The third-order valence-electron chi connectivity index (χ3n) is 3.29. The van der Waals surface area contributed by atoms with Crippen molar-refractivity contribution in [2.24, 2.45) is 0 Å². The zero-order chi connectivity index (χ0) is 16.9. The van der Waals surface area contributed by atoms with Crippen molar-refractivity contribution < 1.29 is 14.3 Å². The van der Waals surface area contributed by atoms with E-state index in [0.717, 1.165) is 0 Å². The number of hydrogen-bond donors (Lipinski definition) is 1. The summed E-state index contributed by atoms with van der Waals surface area (Å²) in [4.78, 5) is 36.7. The van der Waals surface area contributed by atoms with E-state index in [-0.39, 0.29) is 5.56 Å². The number of para-hydroxylation sites is 1. The summed E-state index contributed by atoms with van der Waals surface area (Å²) in [5.41, 5.74) is 1.28. The van der Waals surface area contributed by atoms with Crippen LogP contribution in [-0.2, 0) is 9.53 Å². The number of benzene rings is 1. The molecule has 24 heavy (non-hydrogen) atoms. The molecule has 7 heteroatoms. The summed E-state index contributed by atoms with van der Waals surface area (Å²) in [6.07, 6.45) is 3.61. The van der Waals surface area contributed by atoms with Gasteiger partial charge >= 0.3 is 5.97 Å². The number of carbonyl (C=O) groups excluding carboxylic acids is 2. The van der Waals surface area contributed by atoms with Crippen molar-refractivity contribution >= 4 is 28.7 Å². The molecule has 3 rings (SSSR count). The maximum atomic E-state index is 12.3. The molecule has 0 saturated heterocycles. The third kappa shape index (κ3) is 3.35. The largest absolute Gasteiger partial charge is 0.449 e. The van der Waals surface area contributed by atoms with Crippen molar-refractivity contribution in [1.29, 1.82) is 0 Å². The Morgan fingerprint density at radius 1 is 1.00 bits per heavy atom. The van der Waals surface area contributed by atoms with Crippen molar-refractivity contribution in [2.75, 3.05) is 5.32 Å². The Balaban J connectivity index is 1.72. The second-order valence-corrected chi connectivity index (χ2v) is 4.98. The molecule has 0 aliphatic carbocycles.